The zero-order valence-electron chi connectivity index (χ0n) is 12.7. The van der Waals surface area contributed by atoms with Gasteiger partial charge in [-0.25, -0.2) is 0 Å². The molecule has 0 bridgehead atoms. The van der Waals surface area contributed by atoms with E-state index in [1.807, 2.05) is 30.3 Å². The normalized spacial score (nSPS) is 23.1. The van der Waals surface area contributed by atoms with Crippen molar-refractivity contribution in [2.45, 2.75) is 31.3 Å². The van der Waals surface area contributed by atoms with Crippen molar-refractivity contribution in [1.82, 2.24) is 5.06 Å². The van der Waals surface area contributed by atoms with E-state index in [1.54, 1.807) is 24.3 Å². The fourth-order valence-electron chi connectivity index (χ4n) is 2.95. The van der Waals surface area contributed by atoms with Gasteiger partial charge in [-0.05, 0) is 29.7 Å². The average molecular weight is 334 g/mol. The molecule has 0 amide bonds. The molecule has 5 heteroatoms. The summed E-state index contributed by atoms with van der Waals surface area (Å²) in [5.74, 6) is 0. The topological polar surface area (TPSA) is 52.9 Å². The minimum Gasteiger partial charge on any atom is -0.387 e. The standard InChI is InChI=1S/C18H20ClNO3/c19-15-8-6-14(7-9-15)18(21)17-16(10-11-20(17)22)23-12-13-4-2-1-3-5-13/h1-9,16-18,21-22H,10-12H2/t16-,17+,18?/m0/s1. The first kappa shape index (κ1) is 16.4. The maximum atomic E-state index is 10.6. The molecule has 1 aliphatic heterocycles. The van der Waals surface area contributed by atoms with Gasteiger partial charge in [-0.3, -0.25) is 0 Å². The van der Waals surface area contributed by atoms with E-state index in [1.165, 1.54) is 5.06 Å². The van der Waals surface area contributed by atoms with Crippen LogP contribution in [0.1, 0.15) is 23.7 Å². The van der Waals surface area contributed by atoms with Gasteiger partial charge in [0.15, 0.2) is 0 Å². The number of rotatable bonds is 5. The van der Waals surface area contributed by atoms with Gasteiger partial charge in [-0.15, -0.1) is 0 Å². The lowest BCUT2D eigenvalue weighted by Crippen LogP contribution is -2.39. The third-order valence-corrected chi connectivity index (χ3v) is 4.46. The maximum Gasteiger partial charge on any atom is 0.0993 e. The van der Waals surface area contributed by atoms with Crippen LogP contribution in [0, 0.1) is 0 Å². The molecule has 1 heterocycles. The second-order valence-electron chi connectivity index (χ2n) is 5.77. The highest BCUT2D eigenvalue weighted by molar-refractivity contribution is 6.30. The smallest absolute Gasteiger partial charge is 0.0993 e. The van der Waals surface area contributed by atoms with E-state index in [2.05, 4.69) is 0 Å². The molecule has 4 nitrogen and oxygen atoms in total. The number of hydroxylamine groups is 2. The number of nitrogens with zero attached hydrogens (tertiary/aromatic N) is 1. The number of ether oxygens (including phenoxy) is 1. The monoisotopic (exact) mass is 333 g/mol. The first-order valence-corrected chi connectivity index (χ1v) is 8.07. The van der Waals surface area contributed by atoms with Crippen molar-refractivity contribution < 1.29 is 15.1 Å². The van der Waals surface area contributed by atoms with Crippen molar-refractivity contribution >= 4 is 11.6 Å². The Morgan fingerprint density at radius 3 is 2.52 bits per heavy atom. The number of aliphatic hydroxyl groups is 1. The zero-order chi connectivity index (χ0) is 16.2. The molecule has 2 aromatic carbocycles. The molecule has 0 radical (unpaired) electrons. The summed E-state index contributed by atoms with van der Waals surface area (Å²) in [6.07, 6.45) is -0.384. The molecule has 0 aromatic heterocycles. The lowest BCUT2D eigenvalue weighted by atomic mass is 9.99. The first-order chi connectivity index (χ1) is 11.1. The zero-order valence-corrected chi connectivity index (χ0v) is 13.4. The van der Waals surface area contributed by atoms with E-state index in [9.17, 15) is 10.3 Å². The summed E-state index contributed by atoms with van der Waals surface area (Å²) in [4.78, 5) is 0. The minimum atomic E-state index is -0.833. The van der Waals surface area contributed by atoms with E-state index in [-0.39, 0.29) is 6.10 Å². The van der Waals surface area contributed by atoms with E-state index in [4.69, 9.17) is 16.3 Å². The van der Waals surface area contributed by atoms with Crippen molar-refractivity contribution in [3.63, 3.8) is 0 Å². The fourth-order valence-corrected chi connectivity index (χ4v) is 3.08. The molecule has 0 spiro atoms. The van der Waals surface area contributed by atoms with Crippen LogP contribution >= 0.6 is 11.6 Å². The van der Waals surface area contributed by atoms with Gasteiger partial charge >= 0.3 is 0 Å². The van der Waals surface area contributed by atoms with Crippen molar-refractivity contribution in [3.8, 4) is 0 Å². The highest BCUT2D eigenvalue weighted by atomic mass is 35.5. The highest BCUT2D eigenvalue weighted by Crippen LogP contribution is 2.31. The fraction of sp³-hybridized carbons (Fsp3) is 0.333. The number of hydrogen-bond donors (Lipinski definition) is 2. The van der Waals surface area contributed by atoms with E-state index in [0.717, 1.165) is 5.56 Å². The summed E-state index contributed by atoms with van der Waals surface area (Å²) in [7, 11) is 0. The van der Waals surface area contributed by atoms with Crippen LogP contribution in [0.15, 0.2) is 54.6 Å². The Labute approximate surface area is 140 Å². The lowest BCUT2D eigenvalue weighted by Gasteiger charge is -2.28. The van der Waals surface area contributed by atoms with E-state index >= 15 is 0 Å². The maximum absolute atomic E-state index is 10.6. The number of hydrogen-bond acceptors (Lipinski definition) is 4. The Balaban J connectivity index is 1.69. The molecule has 2 aromatic rings. The van der Waals surface area contributed by atoms with Gasteiger partial charge in [-0.1, -0.05) is 54.1 Å². The van der Waals surface area contributed by atoms with Gasteiger partial charge in [0.1, 0.15) is 0 Å². The van der Waals surface area contributed by atoms with Crippen molar-refractivity contribution in [2.24, 2.45) is 0 Å². The Kier molecular flexibility index (Phi) is 5.30. The molecule has 0 aliphatic carbocycles. The summed E-state index contributed by atoms with van der Waals surface area (Å²) in [6, 6.07) is 16.4. The molecular weight excluding hydrogens is 314 g/mol. The SMILES string of the molecule is OC(c1ccc(Cl)cc1)[C@H]1[C@@H](OCc2ccccc2)CCN1O. The van der Waals surface area contributed by atoms with Crippen LogP contribution in [-0.4, -0.2) is 34.1 Å². The third kappa shape index (κ3) is 3.91. The molecule has 3 rings (SSSR count). The van der Waals surface area contributed by atoms with Crippen molar-refractivity contribution in [1.29, 1.82) is 0 Å². The Hall–Kier alpha value is -1.43. The first-order valence-electron chi connectivity index (χ1n) is 7.70. The summed E-state index contributed by atoms with van der Waals surface area (Å²) in [5, 5.41) is 22.5. The molecule has 122 valence electrons. The van der Waals surface area contributed by atoms with E-state index < -0.39 is 12.1 Å². The largest absolute Gasteiger partial charge is 0.387 e. The average Bonchev–Trinajstić information content (AvgIpc) is 2.95. The van der Waals surface area contributed by atoms with Crippen molar-refractivity contribution in [2.75, 3.05) is 6.54 Å². The van der Waals surface area contributed by atoms with Crippen LogP contribution in [0.3, 0.4) is 0 Å². The lowest BCUT2D eigenvalue weighted by molar-refractivity contribution is -0.156. The van der Waals surface area contributed by atoms with Crippen LogP contribution in [0.4, 0.5) is 0 Å². The van der Waals surface area contributed by atoms with Crippen LogP contribution in [0.5, 0.6) is 0 Å². The molecule has 1 unspecified atom stereocenters. The van der Waals surface area contributed by atoms with Crippen LogP contribution in [-0.2, 0) is 11.3 Å². The molecule has 1 aliphatic rings. The predicted molar refractivity (Wildman–Crippen MR) is 88.3 cm³/mol. The molecule has 2 N–H and O–H groups in total. The molecule has 1 saturated heterocycles. The van der Waals surface area contributed by atoms with Gasteiger partial charge in [0.05, 0.1) is 24.9 Å². The minimum absolute atomic E-state index is 0.231. The number of aliphatic hydroxyl groups excluding tert-OH is 1. The third-order valence-electron chi connectivity index (χ3n) is 4.21. The number of halogens is 1. The number of benzene rings is 2. The second-order valence-corrected chi connectivity index (χ2v) is 6.21. The molecular formula is C18H20ClNO3. The quantitative estimate of drug-likeness (QED) is 0.880. The molecule has 0 saturated carbocycles. The van der Waals surface area contributed by atoms with Crippen LogP contribution in [0.25, 0.3) is 0 Å². The summed E-state index contributed by atoms with van der Waals surface area (Å²) >= 11 is 5.88. The molecule has 1 fully saturated rings. The molecule has 23 heavy (non-hydrogen) atoms. The summed E-state index contributed by atoms with van der Waals surface area (Å²) < 4.78 is 5.95. The van der Waals surface area contributed by atoms with Crippen LogP contribution < -0.4 is 0 Å². The van der Waals surface area contributed by atoms with Crippen LogP contribution in [0.2, 0.25) is 5.02 Å². The second kappa shape index (κ2) is 7.43. The summed E-state index contributed by atoms with van der Waals surface area (Å²) in [6.45, 7) is 0.942. The summed E-state index contributed by atoms with van der Waals surface area (Å²) in [5.41, 5.74) is 1.79. The van der Waals surface area contributed by atoms with Gasteiger partial charge in [0.2, 0.25) is 0 Å². The van der Waals surface area contributed by atoms with Gasteiger partial charge in [0, 0.05) is 11.6 Å². The van der Waals surface area contributed by atoms with Gasteiger partial charge < -0.3 is 15.1 Å². The predicted octanol–water partition coefficient (Wildman–Crippen LogP) is 3.42. The Morgan fingerprint density at radius 1 is 1.13 bits per heavy atom. The van der Waals surface area contributed by atoms with E-state index in [0.29, 0.717) is 30.2 Å². The molecule has 3 atom stereocenters. The van der Waals surface area contributed by atoms with Gasteiger partial charge in [-0.2, -0.15) is 5.06 Å². The highest BCUT2D eigenvalue weighted by Gasteiger charge is 2.40. The Bertz CT molecular complexity index is 620. The Morgan fingerprint density at radius 2 is 1.83 bits per heavy atom. The van der Waals surface area contributed by atoms with Gasteiger partial charge in [0.25, 0.3) is 0 Å². The van der Waals surface area contributed by atoms with Crippen molar-refractivity contribution in [3.05, 3.63) is 70.7 Å².